The molecule has 0 radical (unpaired) electrons. The van der Waals surface area contributed by atoms with Gasteiger partial charge in [-0.15, -0.1) is 0 Å². The smallest absolute Gasteiger partial charge is 0.251 e. The number of fused-ring (bicyclic) bond motifs is 1. The zero-order valence-electron chi connectivity index (χ0n) is 14.5. The summed E-state index contributed by atoms with van der Waals surface area (Å²) in [6.45, 7) is 4.40. The molecule has 0 spiro atoms. The molecule has 3 rings (SSSR count). The Balaban J connectivity index is 1.90. The van der Waals surface area contributed by atoms with E-state index in [0.29, 0.717) is 6.54 Å². The van der Waals surface area contributed by atoms with Crippen LogP contribution in [-0.2, 0) is 11.3 Å². The summed E-state index contributed by atoms with van der Waals surface area (Å²) >= 11 is 0. The molecule has 2 N–H and O–H groups in total. The molecule has 1 aliphatic rings. The second-order valence-corrected chi connectivity index (χ2v) is 6.48. The lowest BCUT2D eigenvalue weighted by Crippen LogP contribution is -2.52. The highest BCUT2D eigenvalue weighted by molar-refractivity contribution is 6.07. The lowest BCUT2D eigenvalue weighted by molar-refractivity contribution is -0.121. The Kier molecular flexibility index (Phi) is 4.09. The normalized spacial score (nSPS) is 15.5. The summed E-state index contributed by atoms with van der Waals surface area (Å²) in [4.78, 5) is 14.3. The topological polar surface area (TPSA) is 53.6 Å². The van der Waals surface area contributed by atoms with Crippen molar-refractivity contribution in [1.29, 1.82) is 0 Å². The molecule has 126 valence electrons. The molecular formula is C19H23N3O2. The van der Waals surface area contributed by atoms with E-state index in [0.717, 1.165) is 28.4 Å². The van der Waals surface area contributed by atoms with Crippen LogP contribution in [0.4, 0.5) is 17.1 Å². The quantitative estimate of drug-likeness (QED) is 0.904. The first-order chi connectivity index (χ1) is 11.4. The number of amides is 1. The van der Waals surface area contributed by atoms with Crippen molar-refractivity contribution in [1.82, 2.24) is 0 Å². The van der Waals surface area contributed by atoms with E-state index in [9.17, 15) is 4.79 Å². The van der Waals surface area contributed by atoms with Crippen LogP contribution in [0.1, 0.15) is 19.4 Å². The van der Waals surface area contributed by atoms with Crippen molar-refractivity contribution in [3.63, 3.8) is 0 Å². The number of nitrogens with one attached hydrogen (secondary N) is 2. The minimum Gasteiger partial charge on any atom is -0.495 e. The fourth-order valence-corrected chi connectivity index (χ4v) is 3.12. The van der Waals surface area contributed by atoms with Crippen molar-refractivity contribution in [2.45, 2.75) is 25.9 Å². The Bertz CT molecular complexity index is 771. The number of anilines is 3. The van der Waals surface area contributed by atoms with Gasteiger partial charge in [-0.3, -0.25) is 4.79 Å². The standard InChI is InChI=1S/C19H23N3O2/c1-19(2)18(23)22(3)17-13(8-7-10-15(17)21-19)12-20-14-9-5-6-11-16(14)24-4/h5-11,20-21H,12H2,1-4H3. The number of hydrogen-bond acceptors (Lipinski definition) is 4. The van der Waals surface area contributed by atoms with Crippen LogP contribution in [-0.4, -0.2) is 25.6 Å². The average Bonchev–Trinajstić information content (AvgIpc) is 2.57. The maximum absolute atomic E-state index is 12.6. The van der Waals surface area contributed by atoms with Crippen LogP contribution in [0.15, 0.2) is 42.5 Å². The number of carbonyl (C=O) groups excluding carboxylic acids is 1. The van der Waals surface area contributed by atoms with Gasteiger partial charge in [0.15, 0.2) is 0 Å². The number of likely N-dealkylation sites (N-methyl/N-ethyl adjacent to an activating group) is 1. The molecule has 24 heavy (non-hydrogen) atoms. The van der Waals surface area contributed by atoms with Crippen LogP contribution in [0.3, 0.4) is 0 Å². The maximum atomic E-state index is 12.6. The van der Waals surface area contributed by atoms with E-state index in [-0.39, 0.29) is 5.91 Å². The molecule has 0 fully saturated rings. The molecule has 0 bridgehead atoms. The first kappa shape index (κ1) is 16.2. The van der Waals surface area contributed by atoms with Crippen molar-refractivity contribution < 1.29 is 9.53 Å². The van der Waals surface area contributed by atoms with Gasteiger partial charge in [0.2, 0.25) is 0 Å². The maximum Gasteiger partial charge on any atom is 0.251 e. The predicted molar refractivity (Wildman–Crippen MR) is 97.9 cm³/mol. The first-order valence-corrected chi connectivity index (χ1v) is 7.99. The fraction of sp³-hybridized carbons (Fsp3) is 0.316. The molecule has 1 amide bonds. The third-order valence-electron chi connectivity index (χ3n) is 4.32. The number of benzene rings is 2. The van der Waals surface area contributed by atoms with Crippen LogP contribution in [0.5, 0.6) is 5.75 Å². The minimum atomic E-state index is -0.601. The monoisotopic (exact) mass is 325 g/mol. The van der Waals surface area contributed by atoms with Gasteiger partial charge in [0.05, 0.1) is 24.2 Å². The van der Waals surface area contributed by atoms with E-state index in [1.54, 1.807) is 12.0 Å². The van der Waals surface area contributed by atoms with Crippen molar-refractivity contribution in [3.8, 4) is 5.75 Å². The summed E-state index contributed by atoms with van der Waals surface area (Å²) in [5.74, 6) is 0.853. The lowest BCUT2D eigenvalue weighted by Gasteiger charge is -2.39. The summed E-state index contributed by atoms with van der Waals surface area (Å²) in [7, 11) is 3.49. The minimum absolute atomic E-state index is 0.0553. The second-order valence-electron chi connectivity index (χ2n) is 6.48. The molecule has 1 aliphatic heterocycles. The van der Waals surface area contributed by atoms with Crippen LogP contribution in [0, 0.1) is 0 Å². The number of carbonyl (C=O) groups is 1. The lowest BCUT2D eigenvalue weighted by atomic mass is 9.96. The van der Waals surface area contributed by atoms with E-state index in [4.69, 9.17) is 4.74 Å². The van der Waals surface area contributed by atoms with E-state index in [1.807, 2.05) is 63.4 Å². The van der Waals surface area contributed by atoms with Crippen LogP contribution < -0.4 is 20.3 Å². The SMILES string of the molecule is COc1ccccc1NCc1cccc2c1N(C)C(=O)C(C)(C)N2. The highest BCUT2D eigenvalue weighted by Gasteiger charge is 2.37. The number of ether oxygens (including phenoxy) is 1. The molecule has 5 heteroatoms. The molecule has 0 aliphatic carbocycles. The molecule has 0 aromatic heterocycles. The zero-order chi connectivity index (χ0) is 17.3. The van der Waals surface area contributed by atoms with Crippen LogP contribution in [0.2, 0.25) is 0 Å². The molecule has 0 unspecified atom stereocenters. The molecule has 1 heterocycles. The molecule has 0 atom stereocenters. The molecule has 5 nitrogen and oxygen atoms in total. The van der Waals surface area contributed by atoms with Gasteiger partial charge < -0.3 is 20.3 Å². The number of hydrogen-bond donors (Lipinski definition) is 2. The number of para-hydroxylation sites is 3. The molecule has 0 saturated carbocycles. The van der Waals surface area contributed by atoms with Gasteiger partial charge in [0.25, 0.3) is 5.91 Å². The van der Waals surface area contributed by atoms with Crippen molar-refractivity contribution in [2.75, 3.05) is 29.7 Å². The zero-order valence-corrected chi connectivity index (χ0v) is 14.5. The highest BCUT2D eigenvalue weighted by Crippen LogP contribution is 2.37. The van der Waals surface area contributed by atoms with Crippen LogP contribution in [0.25, 0.3) is 0 Å². The number of nitrogens with zero attached hydrogens (tertiary/aromatic N) is 1. The average molecular weight is 325 g/mol. The fourth-order valence-electron chi connectivity index (χ4n) is 3.12. The van der Waals surface area contributed by atoms with Gasteiger partial charge in [0, 0.05) is 13.6 Å². The summed E-state index contributed by atoms with van der Waals surface area (Å²) in [5, 5.41) is 6.73. The molecule has 2 aromatic carbocycles. The predicted octanol–water partition coefficient (Wildman–Crippen LogP) is 3.47. The molecule has 0 saturated heterocycles. The van der Waals surface area contributed by atoms with E-state index in [1.165, 1.54) is 0 Å². The second kappa shape index (κ2) is 6.07. The summed E-state index contributed by atoms with van der Waals surface area (Å²) < 4.78 is 5.37. The first-order valence-electron chi connectivity index (χ1n) is 7.99. The molecular weight excluding hydrogens is 302 g/mol. The third kappa shape index (κ3) is 2.77. The van der Waals surface area contributed by atoms with Crippen molar-refractivity contribution in [2.24, 2.45) is 0 Å². The summed E-state index contributed by atoms with van der Waals surface area (Å²) in [6, 6.07) is 13.8. The highest BCUT2D eigenvalue weighted by atomic mass is 16.5. The summed E-state index contributed by atoms with van der Waals surface area (Å²) in [5.41, 5.74) is 3.27. The Morgan fingerprint density at radius 2 is 1.92 bits per heavy atom. The Morgan fingerprint density at radius 3 is 2.67 bits per heavy atom. The Morgan fingerprint density at radius 1 is 1.17 bits per heavy atom. The van der Waals surface area contributed by atoms with E-state index in [2.05, 4.69) is 10.6 Å². The number of rotatable bonds is 4. The van der Waals surface area contributed by atoms with Crippen molar-refractivity contribution >= 4 is 23.0 Å². The van der Waals surface area contributed by atoms with E-state index >= 15 is 0 Å². The van der Waals surface area contributed by atoms with Gasteiger partial charge in [-0.05, 0) is 37.6 Å². The van der Waals surface area contributed by atoms with Gasteiger partial charge in [-0.1, -0.05) is 24.3 Å². The van der Waals surface area contributed by atoms with Gasteiger partial charge in [0.1, 0.15) is 11.3 Å². The Labute approximate surface area is 142 Å². The summed E-state index contributed by atoms with van der Waals surface area (Å²) in [6.07, 6.45) is 0. The van der Waals surface area contributed by atoms with Gasteiger partial charge in [-0.25, -0.2) is 0 Å². The van der Waals surface area contributed by atoms with Gasteiger partial charge >= 0.3 is 0 Å². The third-order valence-corrected chi connectivity index (χ3v) is 4.32. The van der Waals surface area contributed by atoms with Crippen molar-refractivity contribution in [3.05, 3.63) is 48.0 Å². The Hall–Kier alpha value is -2.69. The van der Waals surface area contributed by atoms with Gasteiger partial charge in [-0.2, -0.15) is 0 Å². The van der Waals surface area contributed by atoms with Crippen LogP contribution >= 0.6 is 0 Å². The number of methoxy groups -OCH3 is 1. The molecule has 2 aromatic rings. The largest absolute Gasteiger partial charge is 0.495 e. The van der Waals surface area contributed by atoms with E-state index < -0.39 is 5.54 Å².